The van der Waals surface area contributed by atoms with Crippen LogP contribution < -0.4 is 10.6 Å². The molecule has 1 rings (SSSR count). The predicted molar refractivity (Wildman–Crippen MR) is 89.5 cm³/mol. The van der Waals surface area contributed by atoms with Crippen molar-refractivity contribution >= 4 is 17.9 Å². The first-order valence-corrected chi connectivity index (χ1v) is 8.79. The first-order valence-electron chi connectivity index (χ1n) is 7.64. The van der Waals surface area contributed by atoms with Gasteiger partial charge in [-0.25, -0.2) is 4.79 Å². The van der Waals surface area contributed by atoms with Crippen molar-refractivity contribution in [1.82, 2.24) is 10.6 Å². The number of hydrogen-bond acceptors (Lipinski definition) is 4. The second kappa shape index (κ2) is 9.22. The molecule has 1 aliphatic rings. The van der Waals surface area contributed by atoms with Crippen LogP contribution in [-0.4, -0.2) is 42.3 Å². The van der Waals surface area contributed by atoms with Gasteiger partial charge in [-0.2, -0.15) is 0 Å². The van der Waals surface area contributed by atoms with E-state index in [1.807, 2.05) is 20.8 Å². The Bertz CT molecular complexity index is 360. The van der Waals surface area contributed by atoms with Crippen LogP contribution in [0.1, 0.15) is 40.0 Å². The molecule has 5 heteroatoms. The van der Waals surface area contributed by atoms with Gasteiger partial charge in [-0.3, -0.25) is 0 Å². The van der Waals surface area contributed by atoms with E-state index in [-0.39, 0.29) is 6.09 Å². The van der Waals surface area contributed by atoms with E-state index in [0.29, 0.717) is 18.5 Å². The highest BCUT2D eigenvalue weighted by molar-refractivity contribution is 7.99. The van der Waals surface area contributed by atoms with Crippen molar-refractivity contribution in [3.8, 4) is 12.3 Å². The number of carbonyl (C=O) groups excluding carboxylic acids is 1. The first-order chi connectivity index (χ1) is 9.92. The van der Waals surface area contributed by atoms with Crippen molar-refractivity contribution in [3.63, 3.8) is 0 Å². The number of amides is 1. The molecule has 0 radical (unpaired) electrons. The molecule has 2 atom stereocenters. The van der Waals surface area contributed by atoms with E-state index in [9.17, 15) is 4.79 Å². The molecular weight excluding hydrogens is 284 g/mol. The predicted octanol–water partition coefficient (Wildman–Crippen LogP) is 2.64. The molecule has 1 fully saturated rings. The summed E-state index contributed by atoms with van der Waals surface area (Å²) in [5, 5.41) is 6.47. The summed E-state index contributed by atoms with van der Waals surface area (Å²) in [7, 11) is 0. The Morgan fingerprint density at radius 1 is 1.43 bits per heavy atom. The van der Waals surface area contributed by atoms with E-state index >= 15 is 0 Å². The van der Waals surface area contributed by atoms with Gasteiger partial charge < -0.3 is 15.4 Å². The lowest BCUT2D eigenvalue weighted by atomic mass is 10.0. The number of rotatable bonds is 7. The molecule has 0 aliphatic heterocycles. The molecule has 1 amide bonds. The summed E-state index contributed by atoms with van der Waals surface area (Å²) in [6.07, 6.45) is 8.46. The first kappa shape index (κ1) is 18.2. The maximum absolute atomic E-state index is 11.7. The smallest absolute Gasteiger partial charge is 0.407 e. The number of hydrogen-bond donors (Lipinski definition) is 2. The summed E-state index contributed by atoms with van der Waals surface area (Å²) < 4.78 is 5.27. The van der Waals surface area contributed by atoms with Gasteiger partial charge >= 0.3 is 6.09 Å². The molecule has 2 unspecified atom stereocenters. The summed E-state index contributed by atoms with van der Waals surface area (Å²) in [5.74, 6) is 4.93. The topological polar surface area (TPSA) is 50.4 Å². The lowest BCUT2D eigenvalue weighted by molar-refractivity contribution is 0.0517. The summed E-state index contributed by atoms with van der Waals surface area (Å²) in [4.78, 5) is 11.7. The van der Waals surface area contributed by atoms with Crippen LogP contribution in [0.4, 0.5) is 4.79 Å². The number of nitrogens with one attached hydrogen (secondary N) is 2. The molecule has 2 N–H and O–H groups in total. The second-order valence-electron chi connectivity index (χ2n) is 6.39. The van der Waals surface area contributed by atoms with Crippen molar-refractivity contribution in [2.45, 2.75) is 51.7 Å². The van der Waals surface area contributed by atoms with Crippen molar-refractivity contribution in [2.24, 2.45) is 5.92 Å². The SMILES string of the molecule is C#CCSCCNC1CCCC1CNC(=O)OC(C)(C)C. The van der Waals surface area contributed by atoms with Gasteiger partial charge in [0.15, 0.2) is 0 Å². The number of thioether (sulfide) groups is 1. The van der Waals surface area contributed by atoms with Crippen molar-refractivity contribution in [1.29, 1.82) is 0 Å². The molecule has 1 aliphatic carbocycles. The summed E-state index contributed by atoms with van der Waals surface area (Å²) >= 11 is 1.77. The standard InChI is InChI=1S/C16H28N2O2S/c1-5-10-21-11-9-17-14-8-6-7-13(14)12-18-15(19)20-16(2,3)4/h1,13-14,17H,6-12H2,2-4H3,(H,18,19). The van der Waals surface area contributed by atoms with Crippen LogP contribution >= 0.6 is 11.8 Å². The van der Waals surface area contributed by atoms with Crippen molar-refractivity contribution in [3.05, 3.63) is 0 Å². The molecule has 0 aromatic carbocycles. The summed E-state index contributed by atoms with van der Waals surface area (Å²) in [6, 6.07) is 0.492. The van der Waals surface area contributed by atoms with Gasteiger partial charge in [0.25, 0.3) is 0 Å². The van der Waals surface area contributed by atoms with E-state index in [4.69, 9.17) is 11.2 Å². The lowest BCUT2D eigenvalue weighted by Crippen LogP contribution is -2.41. The maximum atomic E-state index is 11.7. The van der Waals surface area contributed by atoms with E-state index in [0.717, 1.165) is 24.5 Å². The Balaban J connectivity index is 2.21. The third-order valence-electron chi connectivity index (χ3n) is 3.40. The zero-order valence-electron chi connectivity index (χ0n) is 13.4. The Kier molecular flexibility index (Phi) is 7.98. The molecule has 0 aromatic heterocycles. The normalized spacial score (nSPS) is 21.8. The zero-order chi connectivity index (χ0) is 15.7. The Hall–Kier alpha value is -0.860. The van der Waals surface area contributed by atoms with Crippen LogP contribution in [0.15, 0.2) is 0 Å². The fourth-order valence-corrected chi connectivity index (χ4v) is 3.05. The molecule has 0 heterocycles. The highest BCUT2D eigenvalue weighted by Gasteiger charge is 2.27. The Labute approximate surface area is 133 Å². The van der Waals surface area contributed by atoms with Crippen LogP contribution in [0, 0.1) is 18.3 Å². The van der Waals surface area contributed by atoms with Gasteiger partial charge in [0.1, 0.15) is 5.60 Å². The molecule has 0 aromatic rings. The molecule has 0 bridgehead atoms. The fraction of sp³-hybridized carbons (Fsp3) is 0.812. The van der Waals surface area contributed by atoms with Crippen LogP contribution in [-0.2, 0) is 4.74 Å². The van der Waals surface area contributed by atoms with Crippen molar-refractivity contribution in [2.75, 3.05) is 24.6 Å². The third kappa shape index (κ3) is 8.23. The molecule has 21 heavy (non-hydrogen) atoms. The zero-order valence-corrected chi connectivity index (χ0v) is 14.2. The molecule has 1 saturated carbocycles. The van der Waals surface area contributed by atoms with Crippen LogP contribution in [0.3, 0.4) is 0 Å². The average molecular weight is 312 g/mol. The number of terminal acetylenes is 1. The van der Waals surface area contributed by atoms with Crippen molar-refractivity contribution < 1.29 is 9.53 Å². The van der Waals surface area contributed by atoms with Gasteiger partial charge in [0.2, 0.25) is 0 Å². The third-order valence-corrected chi connectivity index (χ3v) is 4.27. The van der Waals surface area contributed by atoms with Gasteiger partial charge in [-0.05, 0) is 39.5 Å². The highest BCUT2D eigenvalue weighted by Crippen LogP contribution is 2.25. The van der Waals surface area contributed by atoms with Crippen LogP contribution in [0.25, 0.3) is 0 Å². The molecule has 0 spiro atoms. The van der Waals surface area contributed by atoms with Crippen LogP contribution in [0.2, 0.25) is 0 Å². The Morgan fingerprint density at radius 3 is 2.86 bits per heavy atom. The monoisotopic (exact) mass is 312 g/mol. The van der Waals surface area contributed by atoms with E-state index < -0.39 is 5.60 Å². The minimum Gasteiger partial charge on any atom is -0.444 e. The lowest BCUT2D eigenvalue weighted by Gasteiger charge is -2.23. The van der Waals surface area contributed by atoms with Crippen LogP contribution in [0.5, 0.6) is 0 Å². The number of ether oxygens (including phenoxy) is 1. The maximum Gasteiger partial charge on any atom is 0.407 e. The average Bonchev–Trinajstić information content (AvgIpc) is 2.81. The number of carbonyl (C=O) groups is 1. The summed E-state index contributed by atoms with van der Waals surface area (Å²) in [6.45, 7) is 7.28. The summed E-state index contributed by atoms with van der Waals surface area (Å²) in [5.41, 5.74) is -0.439. The van der Waals surface area contributed by atoms with E-state index in [2.05, 4.69) is 16.6 Å². The highest BCUT2D eigenvalue weighted by atomic mass is 32.2. The molecule has 4 nitrogen and oxygen atoms in total. The molecule has 0 saturated heterocycles. The van der Waals surface area contributed by atoms with Gasteiger partial charge in [-0.1, -0.05) is 12.3 Å². The minimum absolute atomic E-state index is 0.322. The Morgan fingerprint density at radius 2 is 2.19 bits per heavy atom. The quantitative estimate of drug-likeness (QED) is 0.560. The van der Waals surface area contributed by atoms with Gasteiger partial charge in [-0.15, -0.1) is 18.2 Å². The van der Waals surface area contributed by atoms with Gasteiger partial charge in [0, 0.05) is 24.9 Å². The van der Waals surface area contributed by atoms with E-state index in [1.165, 1.54) is 12.8 Å². The fourth-order valence-electron chi connectivity index (χ4n) is 2.53. The largest absolute Gasteiger partial charge is 0.444 e. The minimum atomic E-state index is -0.439. The van der Waals surface area contributed by atoms with E-state index in [1.54, 1.807) is 11.8 Å². The molecular formula is C16H28N2O2S. The van der Waals surface area contributed by atoms with Gasteiger partial charge in [0.05, 0.1) is 5.75 Å². The molecule has 120 valence electrons. The second-order valence-corrected chi connectivity index (χ2v) is 7.50. The number of alkyl carbamates (subject to hydrolysis) is 1.